The molecule has 0 radical (unpaired) electrons. The van der Waals surface area contributed by atoms with E-state index in [9.17, 15) is 25.2 Å². The zero-order valence-electron chi connectivity index (χ0n) is 46.8. The van der Waals surface area contributed by atoms with Crippen LogP contribution in [0.3, 0.4) is 0 Å². The Kier molecular flexibility index (Phi) is 28.8. The number of carboxylic acid groups (broad SMARTS) is 1. The Balaban J connectivity index is 0.0000122. The molecule has 4 rings (SSSR count). The molecule has 11 unspecified atom stereocenters. The monoisotopic (exact) mass is 958 g/mol. The van der Waals surface area contributed by atoms with Gasteiger partial charge in [0.1, 0.15) is 0 Å². The van der Waals surface area contributed by atoms with Gasteiger partial charge in [0.05, 0.1) is 18.3 Å². The van der Waals surface area contributed by atoms with Crippen LogP contribution >= 0.6 is 0 Å². The summed E-state index contributed by atoms with van der Waals surface area (Å²) in [5.41, 5.74) is -0.763. The standard InChI is InChI=1S/C62H116O5.H3N/c1-8-10-12-14-16-18-20-22-24-26-28-30-32-34-36-38-44-62(45-39-37-35-33-31-29-27-25-23-21-19-17-15-13-11-9-2)59(4,5)55(64)47-50-46-54(63)58-52-42-41-51(49(3)40-43-57(66)67)60(52,6)56(65)48-53(58)61(50,62)7;/h49-56,58,63-65H,8-48H2,1-7H3,(H,66,67);1H3. The summed E-state index contributed by atoms with van der Waals surface area (Å²) in [5.74, 6) is 0.263. The highest BCUT2D eigenvalue weighted by molar-refractivity contribution is 5.64. The van der Waals surface area contributed by atoms with E-state index in [1.54, 1.807) is 0 Å². The number of carbonyl (C=O) groups is 1. The molecule has 6 nitrogen and oxygen atoms in total. The van der Waals surface area contributed by atoms with Crippen molar-refractivity contribution in [1.29, 1.82) is 0 Å². The van der Waals surface area contributed by atoms with Crippen LogP contribution in [0.1, 0.15) is 312 Å². The number of hydrogen-bond acceptors (Lipinski definition) is 5. The van der Waals surface area contributed by atoms with Crippen LogP contribution in [0.4, 0.5) is 0 Å². The Morgan fingerprint density at radius 2 is 0.912 bits per heavy atom. The predicted molar refractivity (Wildman–Crippen MR) is 289 cm³/mol. The molecule has 0 heterocycles. The molecule has 0 amide bonds. The van der Waals surface area contributed by atoms with E-state index in [1.165, 1.54) is 205 Å². The van der Waals surface area contributed by atoms with Gasteiger partial charge in [-0.3, -0.25) is 0 Å². The molecule has 0 aromatic rings. The zero-order valence-corrected chi connectivity index (χ0v) is 46.8. The second kappa shape index (κ2) is 31.8. The average Bonchev–Trinajstić information content (AvgIpc) is 3.66. The number of carbonyl (C=O) groups excluding carboxylic acids is 1. The molecule has 402 valence electrons. The molecule has 68 heavy (non-hydrogen) atoms. The molecule has 0 aromatic carbocycles. The Bertz CT molecular complexity index is 1280. The quantitative estimate of drug-likeness (QED) is 0.0457. The van der Waals surface area contributed by atoms with Crippen LogP contribution in [0.2, 0.25) is 0 Å². The van der Waals surface area contributed by atoms with Crippen molar-refractivity contribution in [1.82, 2.24) is 6.15 Å². The first kappa shape index (κ1) is 61.6. The van der Waals surface area contributed by atoms with Gasteiger partial charge in [-0.15, -0.1) is 0 Å². The fourth-order valence-electron chi connectivity index (χ4n) is 16.8. The van der Waals surface area contributed by atoms with E-state index in [2.05, 4.69) is 48.5 Å². The Morgan fingerprint density at radius 3 is 1.29 bits per heavy atom. The van der Waals surface area contributed by atoms with Crippen molar-refractivity contribution in [3.8, 4) is 0 Å². The van der Waals surface area contributed by atoms with Crippen LogP contribution in [0.5, 0.6) is 0 Å². The second-order valence-corrected chi connectivity index (χ2v) is 25.4. The van der Waals surface area contributed by atoms with Crippen LogP contribution in [-0.4, -0.2) is 39.6 Å². The fourth-order valence-corrected chi connectivity index (χ4v) is 16.8. The lowest BCUT2D eigenvalue weighted by molar-refractivity contribution is -0.306. The van der Waals surface area contributed by atoms with Gasteiger partial charge in [-0.2, -0.15) is 0 Å². The van der Waals surface area contributed by atoms with Gasteiger partial charge in [0.15, 0.2) is 0 Å². The molecule has 0 aliphatic heterocycles. The van der Waals surface area contributed by atoms with Gasteiger partial charge in [0.2, 0.25) is 0 Å². The van der Waals surface area contributed by atoms with Crippen molar-refractivity contribution >= 4 is 5.97 Å². The van der Waals surface area contributed by atoms with Crippen molar-refractivity contribution in [2.45, 2.75) is 330 Å². The number of aliphatic carboxylic acids is 1. The van der Waals surface area contributed by atoms with Crippen molar-refractivity contribution in [2.24, 2.45) is 57.2 Å². The fraction of sp³-hybridized carbons (Fsp3) is 0.984. The maximum absolute atomic E-state index is 12.6. The minimum absolute atomic E-state index is 0. The van der Waals surface area contributed by atoms with Gasteiger partial charge in [0, 0.05) is 5.97 Å². The summed E-state index contributed by atoms with van der Waals surface area (Å²) in [4.78, 5) is 11.5. The lowest BCUT2D eigenvalue weighted by atomic mass is 9.32. The van der Waals surface area contributed by atoms with Gasteiger partial charge >= 0.3 is 0 Å². The van der Waals surface area contributed by atoms with Gasteiger partial charge < -0.3 is 31.4 Å². The second-order valence-electron chi connectivity index (χ2n) is 25.4. The van der Waals surface area contributed by atoms with E-state index in [0.717, 1.165) is 44.9 Å². The molecule has 4 aliphatic rings. The molecule has 6 heteroatoms. The zero-order chi connectivity index (χ0) is 48.8. The highest BCUT2D eigenvalue weighted by Gasteiger charge is 2.73. The number of unbranched alkanes of at least 4 members (excludes halogenated alkanes) is 30. The Labute approximate surface area is 422 Å². The molecular weight excluding hydrogens is 839 g/mol. The molecular formula is C62H119NO5. The highest BCUT2D eigenvalue weighted by atomic mass is 16.4. The summed E-state index contributed by atoms with van der Waals surface area (Å²) in [5, 5.41) is 48.9. The summed E-state index contributed by atoms with van der Waals surface area (Å²) < 4.78 is 0. The lowest BCUT2D eigenvalue weighted by Crippen LogP contribution is -2.71. The van der Waals surface area contributed by atoms with Gasteiger partial charge in [-0.1, -0.05) is 254 Å². The van der Waals surface area contributed by atoms with E-state index >= 15 is 0 Å². The van der Waals surface area contributed by atoms with E-state index in [1.807, 2.05) is 0 Å². The summed E-state index contributed by atoms with van der Waals surface area (Å²) >= 11 is 0. The number of aliphatic hydroxyl groups is 3. The van der Waals surface area contributed by atoms with Crippen molar-refractivity contribution in [3.05, 3.63) is 0 Å². The first-order valence-electron chi connectivity index (χ1n) is 30.5. The number of hydrogen-bond donors (Lipinski definition) is 4. The first-order chi connectivity index (χ1) is 32.2. The van der Waals surface area contributed by atoms with Crippen LogP contribution in [0.15, 0.2) is 0 Å². The van der Waals surface area contributed by atoms with Gasteiger partial charge in [0.25, 0.3) is 0 Å². The molecule has 0 saturated heterocycles. The van der Waals surface area contributed by atoms with E-state index in [0.29, 0.717) is 6.42 Å². The third kappa shape index (κ3) is 16.2. The van der Waals surface area contributed by atoms with Crippen molar-refractivity contribution in [3.63, 3.8) is 0 Å². The summed E-state index contributed by atoms with van der Waals surface area (Å²) in [6.07, 6.45) is 49.7. The molecule has 4 aliphatic carbocycles. The van der Waals surface area contributed by atoms with E-state index < -0.39 is 24.3 Å². The Morgan fingerprint density at radius 1 is 0.529 bits per heavy atom. The summed E-state index contributed by atoms with van der Waals surface area (Å²) in [6, 6.07) is 0. The van der Waals surface area contributed by atoms with Gasteiger partial charge in [-0.25, -0.2) is 0 Å². The first-order valence-corrected chi connectivity index (χ1v) is 30.5. The normalized spacial score (nSPS) is 30.9. The number of fused-ring (bicyclic) bond motifs is 5. The molecule has 0 bridgehead atoms. The third-order valence-electron chi connectivity index (χ3n) is 21.1. The molecule has 4 saturated carbocycles. The maximum atomic E-state index is 12.6. The predicted octanol–water partition coefficient (Wildman–Crippen LogP) is 17.0. The van der Waals surface area contributed by atoms with Gasteiger partial charge in [-0.05, 0) is 115 Å². The molecule has 0 spiro atoms. The SMILES string of the molecule is CCCCCCCCCCCCCCCCCCC1(CCCCCCCCCCCCCCCCCC)C(C)(C)C(O)CC2CC(O)C3C4CCC(C(C)CCC(=O)[O-])C4(C)C(O)CC3C21C.[NH4+]. The molecule has 4 fully saturated rings. The number of rotatable bonds is 38. The number of carboxylic acids is 1. The van der Waals surface area contributed by atoms with Crippen LogP contribution < -0.4 is 11.3 Å². The maximum Gasteiger partial charge on any atom is 0.0602 e. The van der Waals surface area contributed by atoms with Crippen molar-refractivity contribution in [2.75, 3.05) is 0 Å². The van der Waals surface area contributed by atoms with Crippen LogP contribution in [-0.2, 0) is 4.79 Å². The molecule has 11 atom stereocenters. The summed E-state index contributed by atoms with van der Waals surface area (Å²) in [7, 11) is 0. The minimum Gasteiger partial charge on any atom is -0.550 e. The lowest BCUT2D eigenvalue weighted by Gasteiger charge is -2.73. The molecule has 7 N–H and O–H groups in total. The topological polar surface area (TPSA) is 137 Å². The smallest absolute Gasteiger partial charge is 0.0602 e. The average molecular weight is 959 g/mol. The number of aliphatic hydroxyl groups excluding tert-OH is 3. The van der Waals surface area contributed by atoms with Crippen LogP contribution in [0.25, 0.3) is 0 Å². The number of quaternary nitrogens is 1. The summed E-state index contributed by atoms with van der Waals surface area (Å²) in [6.45, 7) is 16.6. The van der Waals surface area contributed by atoms with E-state index in [4.69, 9.17) is 0 Å². The van der Waals surface area contributed by atoms with E-state index in [-0.39, 0.29) is 69.7 Å². The third-order valence-corrected chi connectivity index (χ3v) is 21.1. The van der Waals surface area contributed by atoms with Crippen molar-refractivity contribution < 1.29 is 25.2 Å². The highest BCUT2D eigenvalue weighted by Crippen LogP contribution is 2.76. The molecule has 0 aromatic heterocycles. The Hall–Kier alpha value is -0.690. The largest absolute Gasteiger partial charge is 0.550 e. The van der Waals surface area contributed by atoms with Crippen LogP contribution in [0, 0.1) is 57.2 Å². The minimum atomic E-state index is -0.982.